The minimum Gasteiger partial charge on any atom is -0.311 e. The van der Waals surface area contributed by atoms with Gasteiger partial charge in [-0.1, -0.05) is 35.9 Å². The summed E-state index contributed by atoms with van der Waals surface area (Å²) in [4.78, 5) is 28.6. The topological polar surface area (TPSA) is 40.6 Å². The molecule has 0 N–H and O–H groups in total. The zero-order valence-corrected chi connectivity index (χ0v) is 18.5. The van der Waals surface area contributed by atoms with Crippen LogP contribution in [0.1, 0.15) is 27.0 Å². The second-order valence-electron chi connectivity index (χ2n) is 8.04. The lowest BCUT2D eigenvalue weighted by Crippen LogP contribution is -2.50. The third-order valence-electron chi connectivity index (χ3n) is 6.08. The van der Waals surface area contributed by atoms with Crippen molar-refractivity contribution in [3.05, 3.63) is 100 Å². The van der Waals surface area contributed by atoms with E-state index in [9.17, 15) is 22.8 Å². The van der Waals surface area contributed by atoms with Gasteiger partial charge < -0.3 is 9.80 Å². The van der Waals surface area contributed by atoms with Gasteiger partial charge in [0.1, 0.15) is 17.5 Å². The Kier molecular flexibility index (Phi) is 5.20. The highest BCUT2D eigenvalue weighted by Gasteiger charge is 2.59. The molecule has 1 saturated heterocycles. The van der Waals surface area contributed by atoms with Crippen LogP contribution in [0.5, 0.6) is 0 Å². The lowest BCUT2D eigenvalue weighted by Gasteiger charge is -2.33. The largest absolute Gasteiger partial charge is 0.311 e. The Hall–Kier alpha value is -3.26. The second kappa shape index (κ2) is 7.95. The van der Waals surface area contributed by atoms with Gasteiger partial charge in [0.05, 0.1) is 17.8 Å². The first-order valence-electron chi connectivity index (χ1n) is 10.4. The van der Waals surface area contributed by atoms with Crippen molar-refractivity contribution < 1.29 is 22.8 Å². The Balaban J connectivity index is 1.63. The summed E-state index contributed by atoms with van der Waals surface area (Å²) in [5, 5.41) is 0. The number of halogens is 3. The number of amides is 2. The molecule has 2 heterocycles. The number of nitrogens with zero attached hydrogens (tertiary/aromatic N) is 2. The molecule has 0 aliphatic carbocycles. The van der Waals surface area contributed by atoms with Crippen LogP contribution < -0.4 is 4.90 Å². The van der Waals surface area contributed by atoms with E-state index in [2.05, 4.69) is 0 Å². The van der Waals surface area contributed by atoms with Gasteiger partial charge in [-0.25, -0.2) is 13.2 Å². The van der Waals surface area contributed by atoms with E-state index in [1.807, 2.05) is 13.0 Å². The van der Waals surface area contributed by atoms with E-state index in [1.165, 1.54) is 45.8 Å². The summed E-state index contributed by atoms with van der Waals surface area (Å²) >= 11 is 1.28. The summed E-state index contributed by atoms with van der Waals surface area (Å²) in [6.45, 7) is 1.77. The molecule has 1 fully saturated rings. The van der Waals surface area contributed by atoms with Crippen LogP contribution in [0.15, 0.2) is 60.7 Å². The van der Waals surface area contributed by atoms with Crippen molar-refractivity contribution in [3.63, 3.8) is 0 Å². The molecule has 0 saturated carbocycles. The average Bonchev–Trinajstić information content (AvgIpc) is 3.33. The number of aryl methyl sites for hydroxylation is 1. The molecule has 4 nitrogen and oxygen atoms in total. The fourth-order valence-corrected chi connectivity index (χ4v) is 5.96. The average molecular weight is 469 g/mol. The highest BCUT2D eigenvalue weighted by atomic mass is 32.2. The van der Waals surface area contributed by atoms with Crippen molar-refractivity contribution in [2.75, 3.05) is 17.2 Å². The van der Waals surface area contributed by atoms with Crippen molar-refractivity contribution >= 4 is 29.3 Å². The summed E-state index contributed by atoms with van der Waals surface area (Å²) in [6.07, 6.45) is 0. The van der Waals surface area contributed by atoms with Gasteiger partial charge >= 0.3 is 0 Å². The van der Waals surface area contributed by atoms with Gasteiger partial charge in [-0.05, 0) is 37.3 Å². The normalized spacial score (nSPS) is 19.5. The first-order valence-corrected chi connectivity index (χ1v) is 11.4. The van der Waals surface area contributed by atoms with Crippen LogP contribution in [0.3, 0.4) is 0 Å². The van der Waals surface area contributed by atoms with Gasteiger partial charge in [0.15, 0.2) is 4.87 Å². The summed E-state index contributed by atoms with van der Waals surface area (Å²) in [7, 11) is 0. The predicted octanol–water partition coefficient (Wildman–Crippen LogP) is 5.00. The Morgan fingerprint density at radius 1 is 1.00 bits per heavy atom. The molecule has 1 atom stereocenters. The predicted molar refractivity (Wildman–Crippen MR) is 120 cm³/mol. The summed E-state index contributed by atoms with van der Waals surface area (Å²) in [6, 6.07) is 14.5. The van der Waals surface area contributed by atoms with Crippen molar-refractivity contribution in [2.24, 2.45) is 0 Å². The van der Waals surface area contributed by atoms with Crippen molar-refractivity contribution in [2.45, 2.75) is 18.3 Å². The van der Waals surface area contributed by atoms with Crippen molar-refractivity contribution in [1.29, 1.82) is 0 Å². The first kappa shape index (κ1) is 21.6. The third kappa shape index (κ3) is 3.23. The third-order valence-corrected chi connectivity index (χ3v) is 7.50. The van der Waals surface area contributed by atoms with Crippen LogP contribution in [-0.4, -0.2) is 29.0 Å². The number of carbonyl (C=O) groups excluding carboxylic acids is 2. The van der Waals surface area contributed by atoms with E-state index in [0.717, 1.165) is 17.7 Å². The SMILES string of the molecule is Cc1ccc2c(c1)C1(SCCN1C(=O)c1ccccc1F)C(=O)N2Cc1c(F)cccc1F. The minimum atomic E-state index is -1.43. The maximum atomic E-state index is 14.4. The molecule has 1 spiro atoms. The lowest BCUT2D eigenvalue weighted by atomic mass is 10.0. The zero-order chi connectivity index (χ0) is 23.3. The Morgan fingerprint density at radius 3 is 2.42 bits per heavy atom. The monoisotopic (exact) mass is 468 g/mol. The van der Waals surface area contributed by atoms with Gasteiger partial charge in [-0.3, -0.25) is 9.59 Å². The van der Waals surface area contributed by atoms with E-state index in [0.29, 0.717) is 17.0 Å². The van der Waals surface area contributed by atoms with E-state index in [1.54, 1.807) is 18.2 Å². The van der Waals surface area contributed by atoms with E-state index in [-0.39, 0.29) is 24.2 Å². The number of hydrogen-bond donors (Lipinski definition) is 0. The quantitative estimate of drug-likeness (QED) is 0.543. The van der Waals surface area contributed by atoms with Gasteiger partial charge in [0.25, 0.3) is 11.8 Å². The molecule has 0 bridgehead atoms. The van der Waals surface area contributed by atoms with Gasteiger partial charge in [-0.2, -0.15) is 0 Å². The number of fused-ring (bicyclic) bond motifs is 2. The van der Waals surface area contributed by atoms with Crippen LogP contribution in [0.4, 0.5) is 18.9 Å². The molecule has 1 unspecified atom stereocenters. The number of carbonyl (C=O) groups is 2. The minimum absolute atomic E-state index is 0.125. The maximum Gasteiger partial charge on any atom is 0.268 e. The lowest BCUT2D eigenvalue weighted by molar-refractivity contribution is -0.123. The van der Waals surface area contributed by atoms with Crippen LogP contribution >= 0.6 is 11.8 Å². The van der Waals surface area contributed by atoms with Crippen molar-refractivity contribution in [3.8, 4) is 0 Å². The summed E-state index contributed by atoms with van der Waals surface area (Å²) in [5.41, 5.74) is 1.56. The molecule has 3 aromatic carbocycles. The highest BCUT2D eigenvalue weighted by molar-refractivity contribution is 8.01. The molecular weight excluding hydrogens is 449 g/mol. The fourth-order valence-electron chi connectivity index (χ4n) is 4.51. The van der Waals surface area contributed by atoms with Gasteiger partial charge in [0, 0.05) is 23.4 Å². The van der Waals surface area contributed by atoms with E-state index >= 15 is 0 Å². The molecule has 0 aromatic heterocycles. The molecule has 2 aliphatic heterocycles. The van der Waals surface area contributed by atoms with E-state index in [4.69, 9.17) is 0 Å². The zero-order valence-electron chi connectivity index (χ0n) is 17.6. The Bertz CT molecular complexity index is 1280. The Labute approximate surface area is 193 Å². The van der Waals surface area contributed by atoms with Gasteiger partial charge in [0.2, 0.25) is 0 Å². The molecule has 33 heavy (non-hydrogen) atoms. The van der Waals surface area contributed by atoms with Crippen LogP contribution in [0, 0.1) is 24.4 Å². The smallest absolute Gasteiger partial charge is 0.268 e. The highest BCUT2D eigenvalue weighted by Crippen LogP contribution is 2.55. The molecule has 0 radical (unpaired) electrons. The van der Waals surface area contributed by atoms with E-state index < -0.39 is 34.1 Å². The van der Waals surface area contributed by atoms with Crippen LogP contribution in [0.2, 0.25) is 0 Å². The molecule has 2 amide bonds. The molecule has 2 aliphatic rings. The molecule has 168 valence electrons. The Morgan fingerprint density at radius 2 is 1.70 bits per heavy atom. The molecular formula is C25H19F3N2O2S. The molecule has 8 heteroatoms. The van der Waals surface area contributed by atoms with Crippen LogP contribution in [-0.2, 0) is 16.2 Å². The van der Waals surface area contributed by atoms with Crippen LogP contribution in [0.25, 0.3) is 0 Å². The molecule has 3 aromatic rings. The summed E-state index contributed by atoms with van der Waals surface area (Å²) < 4.78 is 43.3. The first-order chi connectivity index (χ1) is 15.8. The van der Waals surface area contributed by atoms with Gasteiger partial charge in [-0.15, -0.1) is 11.8 Å². The summed E-state index contributed by atoms with van der Waals surface area (Å²) in [5.74, 6) is -2.79. The number of benzene rings is 3. The second-order valence-corrected chi connectivity index (χ2v) is 9.33. The number of anilines is 1. The fraction of sp³-hybridized carbons (Fsp3) is 0.200. The standard InChI is InChI=1S/C25H19F3N2O2S/c1-15-9-10-22-18(13-15)25(24(32)29(22)14-17-20(27)7-4-8-21(17)28)30(11-12-33-25)23(31)16-5-2-3-6-19(16)26/h2-10,13H,11-12,14H2,1H3. The number of hydrogen-bond acceptors (Lipinski definition) is 3. The molecule has 5 rings (SSSR count). The number of thioether (sulfide) groups is 1. The maximum absolute atomic E-state index is 14.4. The van der Waals surface area contributed by atoms with Crippen molar-refractivity contribution in [1.82, 2.24) is 4.90 Å². The number of rotatable bonds is 3.